The number of carbonyl (C=O) groups excluding carboxylic acids is 1. The number of carbonyl (C=O) groups is 1. The first-order valence-electron chi connectivity index (χ1n) is 11.5. The molecule has 3 heterocycles. The molecule has 2 aromatic rings. The van der Waals surface area contributed by atoms with Gasteiger partial charge in [-0.25, -0.2) is 24.4 Å². The van der Waals surface area contributed by atoms with Gasteiger partial charge in [0.05, 0.1) is 49.8 Å². The molecule has 1 saturated carbocycles. The first-order valence-corrected chi connectivity index (χ1v) is 11.5. The summed E-state index contributed by atoms with van der Waals surface area (Å²) in [6.07, 6.45) is 3.60. The average Bonchev–Trinajstić information content (AvgIpc) is 3.59. The van der Waals surface area contributed by atoms with Crippen LogP contribution in [0.1, 0.15) is 34.3 Å². The van der Waals surface area contributed by atoms with Gasteiger partial charge >= 0.3 is 0 Å². The molecular formula is C23H29FN8O3. The number of aromatic nitrogens is 2. The van der Waals surface area contributed by atoms with E-state index >= 15 is 0 Å². The van der Waals surface area contributed by atoms with Crippen LogP contribution in [-0.2, 0) is 16.0 Å². The number of nitrogens with two attached hydrogens (primary N) is 2. The lowest BCUT2D eigenvalue weighted by atomic mass is 10.2. The summed E-state index contributed by atoms with van der Waals surface area (Å²) in [5.74, 6) is 0.417. The van der Waals surface area contributed by atoms with E-state index in [-0.39, 0.29) is 31.4 Å². The van der Waals surface area contributed by atoms with Gasteiger partial charge in [-0.05, 0) is 18.9 Å². The Balaban J connectivity index is 1.54. The molecule has 5 N–H and O–H groups in total. The smallest absolute Gasteiger partial charge is 0.252 e. The molecule has 1 atom stereocenters. The van der Waals surface area contributed by atoms with Crippen LogP contribution >= 0.6 is 0 Å². The second-order valence-corrected chi connectivity index (χ2v) is 8.42. The minimum atomic E-state index is -1.30. The topological polar surface area (TPSA) is 156 Å². The molecule has 0 saturated heterocycles. The van der Waals surface area contributed by atoms with Gasteiger partial charge in [-0.2, -0.15) is 5.26 Å². The normalized spacial score (nSPS) is 16.1. The summed E-state index contributed by atoms with van der Waals surface area (Å²) in [4.78, 5) is 20.8. The van der Waals surface area contributed by atoms with Crippen LogP contribution in [-0.4, -0.2) is 72.6 Å². The quantitative estimate of drug-likeness (QED) is 0.353. The van der Waals surface area contributed by atoms with E-state index in [1.165, 1.54) is 12.4 Å². The Labute approximate surface area is 202 Å². The highest BCUT2D eigenvalue weighted by molar-refractivity contribution is 5.98. The number of rotatable bonds is 13. The number of ether oxygens (including phenoxy) is 2. The van der Waals surface area contributed by atoms with E-state index in [1.54, 1.807) is 22.2 Å². The highest BCUT2D eigenvalue weighted by Gasteiger charge is 2.34. The minimum Gasteiger partial charge on any atom is -0.382 e. The van der Waals surface area contributed by atoms with Gasteiger partial charge in [0.25, 0.3) is 5.91 Å². The van der Waals surface area contributed by atoms with Gasteiger partial charge in [0.2, 0.25) is 0 Å². The van der Waals surface area contributed by atoms with Crippen molar-refractivity contribution < 1.29 is 18.7 Å². The third kappa shape index (κ3) is 6.20. The van der Waals surface area contributed by atoms with Crippen molar-refractivity contribution in [3.05, 3.63) is 41.2 Å². The molecule has 2 aromatic heterocycles. The molecule has 12 heteroatoms. The number of nitrogens with zero attached hydrogens (tertiary/aromatic N) is 5. The molecule has 4 rings (SSSR count). The van der Waals surface area contributed by atoms with Crippen LogP contribution in [0.3, 0.4) is 0 Å². The standard InChI is InChI=1S/C23H29FN8O3/c24-17(14-35-6-5-34-4-3-25)13-31-12-16-7-15(9-26)10-29-23(16)32(31)21-8-20(30-18-1-2-18)19(11-28-21)22(27)33/h7-8,10-11,17-18H,1-6,12-14,25H2,(H2,27,33)(H,28,30). The predicted molar refractivity (Wildman–Crippen MR) is 126 cm³/mol. The zero-order valence-corrected chi connectivity index (χ0v) is 19.3. The van der Waals surface area contributed by atoms with Crippen molar-refractivity contribution in [1.82, 2.24) is 15.0 Å². The third-order valence-electron chi connectivity index (χ3n) is 5.56. The summed E-state index contributed by atoms with van der Waals surface area (Å²) >= 11 is 0. The molecule has 0 radical (unpaired) electrons. The molecular weight excluding hydrogens is 455 g/mol. The molecule has 1 amide bonds. The Hall–Kier alpha value is -3.37. The van der Waals surface area contributed by atoms with E-state index < -0.39 is 12.1 Å². The van der Waals surface area contributed by atoms with Crippen LogP contribution in [0.5, 0.6) is 0 Å². The number of hydrazine groups is 1. The van der Waals surface area contributed by atoms with Gasteiger partial charge in [-0.1, -0.05) is 0 Å². The van der Waals surface area contributed by atoms with Crippen LogP contribution in [0.2, 0.25) is 0 Å². The van der Waals surface area contributed by atoms with Crippen molar-refractivity contribution in [3.8, 4) is 6.07 Å². The second kappa shape index (κ2) is 11.4. The number of halogens is 1. The van der Waals surface area contributed by atoms with Crippen molar-refractivity contribution in [2.24, 2.45) is 11.5 Å². The number of alkyl halides is 1. The fraction of sp³-hybridized carbons (Fsp3) is 0.478. The number of hydrogen-bond donors (Lipinski definition) is 3. The summed E-state index contributed by atoms with van der Waals surface area (Å²) in [5.41, 5.74) is 12.9. The third-order valence-corrected chi connectivity index (χ3v) is 5.56. The van der Waals surface area contributed by atoms with E-state index in [0.29, 0.717) is 49.2 Å². The number of fused-ring (bicyclic) bond motifs is 1. The Bertz CT molecular complexity index is 1090. The molecule has 35 heavy (non-hydrogen) atoms. The Morgan fingerprint density at radius 2 is 2.06 bits per heavy atom. The second-order valence-electron chi connectivity index (χ2n) is 8.42. The van der Waals surface area contributed by atoms with E-state index in [0.717, 1.165) is 18.4 Å². The van der Waals surface area contributed by atoms with E-state index in [2.05, 4.69) is 21.4 Å². The number of pyridine rings is 2. The molecule has 186 valence electrons. The summed E-state index contributed by atoms with van der Waals surface area (Å²) in [6.45, 7) is 1.70. The SMILES string of the molecule is N#Cc1cnc2c(c1)CN(CC(F)COCCOCCN)N2c1cc(NC2CC2)c(C(N)=O)cn1. The number of primary amides is 1. The number of nitriles is 1. The van der Waals surface area contributed by atoms with E-state index in [1.807, 2.05) is 0 Å². The lowest BCUT2D eigenvalue weighted by Gasteiger charge is -2.30. The maximum absolute atomic E-state index is 14.9. The Morgan fingerprint density at radius 3 is 2.77 bits per heavy atom. The van der Waals surface area contributed by atoms with Crippen LogP contribution in [0.25, 0.3) is 0 Å². The van der Waals surface area contributed by atoms with Gasteiger partial charge in [0.1, 0.15) is 12.2 Å². The lowest BCUT2D eigenvalue weighted by Crippen LogP contribution is -2.40. The minimum absolute atomic E-state index is 0.00649. The first-order chi connectivity index (χ1) is 17.0. The fourth-order valence-corrected chi connectivity index (χ4v) is 3.79. The summed E-state index contributed by atoms with van der Waals surface area (Å²) in [7, 11) is 0. The average molecular weight is 485 g/mol. The molecule has 11 nitrogen and oxygen atoms in total. The van der Waals surface area contributed by atoms with Gasteiger partial charge in [0, 0.05) is 43.2 Å². The zero-order valence-electron chi connectivity index (χ0n) is 19.3. The number of anilines is 3. The van der Waals surface area contributed by atoms with Crippen LogP contribution in [0.4, 0.5) is 21.7 Å². The molecule has 0 spiro atoms. The van der Waals surface area contributed by atoms with Crippen molar-refractivity contribution in [1.29, 1.82) is 5.26 Å². The zero-order chi connectivity index (χ0) is 24.8. The van der Waals surface area contributed by atoms with Gasteiger partial charge in [-0.3, -0.25) is 4.79 Å². The van der Waals surface area contributed by atoms with E-state index in [4.69, 9.17) is 20.9 Å². The molecule has 1 aliphatic heterocycles. The monoisotopic (exact) mass is 484 g/mol. The molecule has 0 aromatic carbocycles. The highest BCUT2D eigenvalue weighted by atomic mass is 19.1. The lowest BCUT2D eigenvalue weighted by molar-refractivity contribution is 0.0203. The molecule has 0 bridgehead atoms. The van der Waals surface area contributed by atoms with Crippen LogP contribution in [0.15, 0.2) is 24.5 Å². The van der Waals surface area contributed by atoms with Gasteiger partial charge in [0.15, 0.2) is 11.6 Å². The molecule has 1 fully saturated rings. The molecule has 2 aliphatic rings. The predicted octanol–water partition coefficient (Wildman–Crippen LogP) is 1.22. The number of hydrogen-bond acceptors (Lipinski definition) is 10. The van der Waals surface area contributed by atoms with Crippen molar-refractivity contribution in [2.75, 3.05) is 49.8 Å². The van der Waals surface area contributed by atoms with E-state index in [9.17, 15) is 14.4 Å². The Kier molecular flexibility index (Phi) is 8.04. The fourth-order valence-electron chi connectivity index (χ4n) is 3.79. The number of amides is 1. The summed E-state index contributed by atoms with van der Waals surface area (Å²) in [6, 6.07) is 5.82. The number of nitrogens with one attached hydrogen (secondary N) is 1. The summed E-state index contributed by atoms with van der Waals surface area (Å²) < 4.78 is 25.5. The Morgan fingerprint density at radius 1 is 1.26 bits per heavy atom. The summed E-state index contributed by atoms with van der Waals surface area (Å²) in [5, 5.41) is 16.0. The largest absolute Gasteiger partial charge is 0.382 e. The maximum Gasteiger partial charge on any atom is 0.252 e. The van der Waals surface area contributed by atoms with Crippen LogP contribution < -0.4 is 21.8 Å². The maximum atomic E-state index is 14.9. The van der Waals surface area contributed by atoms with Crippen molar-refractivity contribution in [2.45, 2.75) is 31.6 Å². The van der Waals surface area contributed by atoms with Crippen LogP contribution in [0, 0.1) is 11.3 Å². The highest BCUT2D eigenvalue weighted by Crippen LogP contribution is 2.37. The first kappa shape index (κ1) is 24.7. The van der Waals surface area contributed by atoms with Crippen molar-refractivity contribution in [3.63, 3.8) is 0 Å². The van der Waals surface area contributed by atoms with Gasteiger partial charge < -0.3 is 26.3 Å². The van der Waals surface area contributed by atoms with Crippen molar-refractivity contribution >= 4 is 23.2 Å². The van der Waals surface area contributed by atoms with Gasteiger partial charge in [-0.15, -0.1) is 0 Å². The molecule has 1 unspecified atom stereocenters. The molecule has 1 aliphatic carbocycles.